The van der Waals surface area contributed by atoms with E-state index in [1.165, 1.54) is 12.8 Å². The van der Waals surface area contributed by atoms with Gasteiger partial charge < -0.3 is 10.2 Å². The Balaban J connectivity index is 1.38. The molecule has 1 aliphatic heterocycles. The van der Waals surface area contributed by atoms with Gasteiger partial charge in [0, 0.05) is 25.6 Å². The number of rotatable bonds is 6. The lowest BCUT2D eigenvalue weighted by Gasteiger charge is -2.16. The average molecular weight is 344 g/mol. The highest BCUT2D eigenvalue weighted by molar-refractivity contribution is 7.07. The summed E-state index contributed by atoms with van der Waals surface area (Å²) in [5.41, 5.74) is 1.16. The van der Waals surface area contributed by atoms with Crippen LogP contribution < -0.4 is 5.32 Å². The molecule has 126 valence electrons. The maximum Gasteiger partial charge on any atom is 0.230 e. The summed E-state index contributed by atoms with van der Waals surface area (Å²) in [4.78, 5) is 26.4. The first-order valence-corrected chi connectivity index (χ1v) is 9.25. The standard InChI is InChI=1S/C17H20N4O2S/c22-16-7-14(10-20(16)8-12-1-2-12)17(23)19-15-3-5-18-21(15)9-13-4-6-24-11-13/h3-6,11-12,14H,1-2,7-10H2,(H,19,23). The zero-order valence-corrected chi connectivity index (χ0v) is 14.2. The van der Waals surface area contributed by atoms with Crippen molar-refractivity contribution in [1.82, 2.24) is 14.7 Å². The normalized spacial score (nSPS) is 20.6. The topological polar surface area (TPSA) is 67.2 Å². The molecule has 6 nitrogen and oxygen atoms in total. The van der Waals surface area contributed by atoms with Crippen molar-refractivity contribution < 1.29 is 9.59 Å². The van der Waals surface area contributed by atoms with Crippen LogP contribution in [0.5, 0.6) is 0 Å². The molecule has 1 saturated heterocycles. The Hall–Kier alpha value is -2.15. The minimum Gasteiger partial charge on any atom is -0.342 e. The predicted molar refractivity (Wildman–Crippen MR) is 91.7 cm³/mol. The van der Waals surface area contributed by atoms with Crippen LogP contribution in [0.25, 0.3) is 0 Å². The van der Waals surface area contributed by atoms with Gasteiger partial charge in [-0.05, 0) is 41.1 Å². The van der Waals surface area contributed by atoms with Gasteiger partial charge in [-0.1, -0.05) is 0 Å². The third-order valence-electron chi connectivity index (χ3n) is 4.64. The second-order valence-corrected chi connectivity index (χ2v) is 7.42. The van der Waals surface area contributed by atoms with E-state index in [0.29, 0.717) is 31.2 Å². The number of hydrogen-bond acceptors (Lipinski definition) is 4. The van der Waals surface area contributed by atoms with E-state index in [4.69, 9.17) is 0 Å². The molecular weight excluding hydrogens is 324 g/mol. The lowest BCUT2D eigenvalue weighted by atomic mass is 10.1. The SMILES string of the molecule is O=C(Nc1ccnn1Cc1ccsc1)C1CC(=O)N(CC2CC2)C1. The Labute approximate surface area is 144 Å². The second-order valence-electron chi connectivity index (χ2n) is 6.64. The average Bonchev–Trinajstić information content (AvgIpc) is 2.94. The van der Waals surface area contributed by atoms with E-state index >= 15 is 0 Å². The van der Waals surface area contributed by atoms with E-state index in [9.17, 15) is 9.59 Å². The van der Waals surface area contributed by atoms with Crippen molar-refractivity contribution in [2.45, 2.75) is 25.8 Å². The summed E-state index contributed by atoms with van der Waals surface area (Å²) in [6.07, 6.45) is 4.42. The van der Waals surface area contributed by atoms with Crippen LogP contribution in [0.2, 0.25) is 0 Å². The lowest BCUT2D eigenvalue weighted by molar-refractivity contribution is -0.128. The molecule has 2 amide bonds. The molecule has 2 aromatic heterocycles. The monoisotopic (exact) mass is 344 g/mol. The zero-order chi connectivity index (χ0) is 16.5. The van der Waals surface area contributed by atoms with Gasteiger partial charge in [0.1, 0.15) is 5.82 Å². The molecule has 1 saturated carbocycles. The number of anilines is 1. The van der Waals surface area contributed by atoms with Gasteiger partial charge in [0.15, 0.2) is 0 Å². The summed E-state index contributed by atoms with van der Waals surface area (Å²) in [6, 6.07) is 3.84. The van der Waals surface area contributed by atoms with E-state index in [1.54, 1.807) is 28.3 Å². The number of carbonyl (C=O) groups excluding carboxylic acids is 2. The molecule has 0 aromatic carbocycles. The van der Waals surface area contributed by atoms with Crippen LogP contribution in [-0.4, -0.2) is 39.6 Å². The molecule has 0 bridgehead atoms. The van der Waals surface area contributed by atoms with E-state index < -0.39 is 0 Å². The van der Waals surface area contributed by atoms with Crippen LogP contribution in [0.4, 0.5) is 5.82 Å². The summed E-state index contributed by atoms with van der Waals surface area (Å²) in [6.45, 7) is 1.99. The number of thiophene rings is 1. The number of carbonyl (C=O) groups is 2. The lowest BCUT2D eigenvalue weighted by Crippen LogP contribution is -2.30. The molecule has 1 N–H and O–H groups in total. The minimum absolute atomic E-state index is 0.0892. The van der Waals surface area contributed by atoms with Crippen molar-refractivity contribution in [2.24, 2.45) is 11.8 Å². The fourth-order valence-corrected chi connectivity index (χ4v) is 3.74. The maximum absolute atomic E-state index is 12.5. The number of likely N-dealkylation sites (tertiary alicyclic amines) is 1. The highest BCUT2D eigenvalue weighted by Crippen LogP contribution is 2.32. The van der Waals surface area contributed by atoms with Gasteiger partial charge in [0.05, 0.1) is 18.7 Å². The van der Waals surface area contributed by atoms with Crippen molar-refractivity contribution >= 4 is 29.0 Å². The van der Waals surface area contributed by atoms with Crippen LogP contribution in [0.3, 0.4) is 0 Å². The molecular formula is C17H20N4O2S. The highest BCUT2D eigenvalue weighted by Gasteiger charge is 2.37. The van der Waals surface area contributed by atoms with Crippen molar-refractivity contribution in [3.63, 3.8) is 0 Å². The van der Waals surface area contributed by atoms with Crippen LogP contribution in [0.15, 0.2) is 29.1 Å². The molecule has 1 unspecified atom stereocenters. The first-order valence-electron chi connectivity index (χ1n) is 8.30. The maximum atomic E-state index is 12.5. The van der Waals surface area contributed by atoms with Gasteiger partial charge >= 0.3 is 0 Å². The Morgan fingerprint density at radius 1 is 1.38 bits per heavy atom. The Morgan fingerprint density at radius 3 is 3.00 bits per heavy atom. The Kier molecular flexibility index (Phi) is 4.10. The zero-order valence-electron chi connectivity index (χ0n) is 13.4. The fraction of sp³-hybridized carbons (Fsp3) is 0.471. The third-order valence-corrected chi connectivity index (χ3v) is 5.37. The molecule has 24 heavy (non-hydrogen) atoms. The van der Waals surface area contributed by atoms with Crippen LogP contribution in [-0.2, 0) is 16.1 Å². The molecule has 4 rings (SSSR count). The van der Waals surface area contributed by atoms with Gasteiger partial charge in [0.2, 0.25) is 11.8 Å². The minimum atomic E-state index is -0.263. The van der Waals surface area contributed by atoms with Crippen molar-refractivity contribution in [3.8, 4) is 0 Å². The fourth-order valence-electron chi connectivity index (χ4n) is 3.09. The van der Waals surface area contributed by atoms with Gasteiger partial charge in [-0.3, -0.25) is 9.59 Å². The number of nitrogens with zero attached hydrogens (tertiary/aromatic N) is 3. The molecule has 7 heteroatoms. The van der Waals surface area contributed by atoms with Crippen molar-refractivity contribution in [3.05, 3.63) is 34.7 Å². The largest absolute Gasteiger partial charge is 0.342 e. The molecule has 0 spiro atoms. The van der Waals surface area contributed by atoms with E-state index in [-0.39, 0.29) is 17.7 Å². The van der Waals surface area contributed by atoms with Crippen LogP contribution in [0, 0.1) is 11.8 Å². The predicted octanol–water partition coefficient (Wildman–Crippen LogP) is 2.19. The molecule has 2 aliphatic rings. The van der Waals surface area contributed by atoms with Gasteiger partial charge in [-0.25, -0.2) is 4.68 Å². The van der Waals surface area contributed by atoms with E-state index in [2.05, 4.69) is 15.8 Å². The summed E-state index contributed by atoms with van der Waals surface area (Å²) >= 11 is 1.64. The smallest absolute Gasteiger partial charge is 0.230 e. The van der Waals surface area contributed by atoms with Gasteiger partial charge in [-0.15, -0.1) is 0 Å². The van der Waals surface area contributed by atoms with Crippen LogP contribution >= 0.6 is 11.3 Å². The van der Waals surface area contributed by atoms with Crippen LogP contribution in [0.1, 0.15) is 24.8 Å². The molecule has 3 heterocycles. The van der Waals surface area contributed by atoms with Gasteiger partial charge in [-0.2, -0.15) is 16.4 Å². The summed E-state index contributed by atoms with van der Waals surface area (Å²) in [5, 5.41) is 11.3. The van der Waals surface area contributed by atoms with E-state index in [1.807, 2.05) is 16.3 Å². The first kappa shape index (κ1) is 15.4. The van der Waals surface area contributed by atoms with Crippen molar-refractivity contribution in [1.29, 1.82) is 0 Å². The molecule has 2 fully saturated rings. The van der Waals surface area contributed by atoms with Gasteiger partial charge in [0.25, 0.3) is 0 Å². The van der Waals surface area contributed by atoms with E-state index in [0.717, 1.165) is 12.1 Å². The summed E-state index contributed by atoms with van der Waals surface area (Å²) in [7, 11) is 0. The Morgan fingerprint density at radius 2 is 2.25 bits per heavy atom. The molecule has 1 atom stereocenters. The summed E-state index contributed by atoms with van der Waals surface area (Å²) in [5.74, 6) is 1.09. The Bertz CT molecular complexity index is 736. The highest BCUT2D eigenvalue weighted by atomic mass is 32.1. The third kappa shape index (κ3) is 3.36. The molecule has 0 radical (unpaired) electrons. The summed E-state index contributed by atoms with van der Waals surface area (Å²) < 4.78 is 1.78. The number of hydrogen-bond donors (Lipinski definition) is 1. The number of nitrogens with one attached hydrogen (secondary N) is 1. The molecule has 1 aliphatic carbocycles. The number of aromatic nitrogens is 2. The number of amides is 2. The molecule has 2 aromatic rings. The van der Waals surface area contributed by atoms with Crippen molar-refractivity contribution in [2.75, 3.05) is 18.4 Å². The quantitative estimate of drug-likeness (QED) is 0.873. The first-order chi connectivity index (χ1) is 11.7. The second kappa shape index (κ2) is 6.39.